The minimum atomic E-state index is -1.21. The normalized spacial score (nSPS) is 15.1. The number of para-hydroxylation sites is 1. The van der Waals surface area contributed by atoms with Gasteiger partial charge in [-0.2, -0.15) is 0 Å². The highest BCUT2D eigenvalue weighted by Gasteiger charge is 2.31. The van der Waals surface area contributed by atoms with Crippen molar-refractivity contribution in [3.8, 4) is 0 Å². The van der Waals surface area contributed by atoms with Crippen molar-refractivity contribution in [2.75, 3.05) is 13.7 Å². The molecule has 0 fully saturated rings. The molecule has 17 heavy (non-hydrogen) atoms. The van der Waals surface area contributed by atoms with Crippen LogP contribution in [0.15, 0.2) is 28.7 Å². The summed E-state index contributed by atoms with van der Waals surface area (Å²) in [7, 11) is 1.50. The van der Waals surface area contributed by atoms with Crippen LogP contribution in [0.1, 0.15) is 19.1 Å². The minimum Gasteiger partial charge on any atom is -0.455 e. The Balaban J connectivity index is 2.52. The summed E-state index contributed by atoms with van der Waals surface area (Å²) in [4.78, 5) is 0. The first-order valence-electron chi connectivity index (χ1n) is 5.50. The van der Waals surface area contributed by atoms with Crippen LogP contribution < -0.4 is 0 Å². The maximum absolute atomic E-state index is 13.5. The van der Waals surface area contributed by atoms with Gasteiger partial charge in [0.1, 0.15) is 11.4 Å². The van der Waals surface area contributed by atoms with Gasteiger partial charge in [0.15, 0.2) is 11.4 Å². The van der Waals surface area contributed by atoms with E-state index in [1.54, 1.807) is 18.2 Å². The van der Waals surface area contributed by atoms with E-state index in [1.807, 2.05) is 6.92 Å². The predicted octanol–water partition coefficient (Wildman–Crippen LogP) is 2.82. The first-order valence-corrected chi connectivity index (χ1v) is 5.50. The van der Waals surface area contributed by atoms with Gasteiger partial charge in [0.05, 0.1) is 6.61 Å². The molecular formula is C13H15FO3. The smallest absolute Gasteiger partial charge is 0.170 e. The van der Waals surface area contributed by atoms with Gasteiger partial charge in [-0.25, -0.2) is 4.39 Å². The van der Waals surface area contributed by atoms with Crippen molar-refractivity contribution < 1.29 is 18.7 Å². The molecule has 1 aromatic heterocycles. The van der Waals surface area contributed by atoms with Gasteiger partial charge >= 0.3 is 0 Å². The van der Waals surface area contributed by atoms with Crippen LogP contribution in [0, 0.1) is 5.82 Å². The third-order valence-corrected chi connectivity index (χ3v) is 2.92. The van der Waals surface area contributed by atoms with Crippen LogP contribution in [0.3, 0.4) is 0 Å². The standard InChI is InChI=1S/C13H15FO3/c1-3-13(15,8-16-2)11-7-9-5-4-6-10(14)12(9)17-11/h4-7,15H,3,8H2,1-2H3. The first-order chi connectivity index (χ1) is 8.10. The summed E-state index contributed by atoms with van der Waals surface area (Å²) in [6, 6.07) is 6.34. The Bertz CT molecular complexity index is 520. The van der Waals surface area contributed by atoms with Crippen LogP contribution in [-0.4, -0.2) is 18.8 Å². The molecule has 0 aliphatic heterocycles. The summed E-state index contributed by atoms with van der Waals surface area (Å²) in [5.74, 6) is -0.0911. The summed E-state index contributed by atoms with van der Waals surface area (Å²) in [6.07, 6.45) is 0.433. The van der Waals surface area contributed by atoms with Crippen molar-refractivity contribution in [3.63, 3.8) is 0 Å². The van der Waals surface area contributed by atoms with E-state index in [-0.39, 0.29) is 12.2 Å². The van der Waals surface area contributed by atoms with Gasteiger partial charge in [0, 0.05) is 12.5 Å². The zero-order valence-corrected chi connectivity index (χ0v) is 9.87. The van der Waals surface area contributed by atoms with Crippen LogP contribution in [0.4, 0.5) is 4.39 Å². The van der Waals surface area contributed by atoms with Gasteiger partial charge in [-0.1, -0.05) is 19.1 Å². The number of fused-ring (bicyclic) bond motifs is 1. The molecule has 0 bridgehead atoms. The number of halogens is 1. The second kappa shape index (κ2) is 4.47. The lowest BCUT2D eigenvalue weighted by Gasteiger charge is -2.22. The van der Waals surface area contributed by atoms with Crippen LogP contribution in [-0.2, 0) is 10.3 Å². The molecule has 1 heterocycles. The molecule has 1 N–H and O–H groups in total. The highest BCUT2D eigenvalue weighted by molar-refractivity contribution is 5.78. The largest absolute Gasteiger partial charge is 0.455 e. The third-order valence-electron chi connectivity index (χ3n) is 2.92. The molecule has 0 aliphatic carbocycles. The highest BCUT2D eigenvalue weighted by atomic mass is 19.1. The lowest BCUT2D eigenvalue weighted by Crippen LogP contribution is -2.29. The van der Waals surface area contributed by atoms with E-state index in [1.165, 1.54) is 13.2 Å². The van der Waals surface area contributed by atoms with Crippen LogP contribution in [0.25, 0.3) is 11.0 Å². The van der Waals surface area contributed by atoms with Gasteiger partial charge in [-0.3, -0.25) is 0 Å². The summed E-state index contributed by atoms with van der Waals surface area (Å²) in [5.41, 5.74) is -1.04. The minimum absolute atomic E-state index is 0.116. The molecule has 2 rings (SSSR count). The van der Waals surface area contributed by atoms with Gasteiger partial charge in [0.2, 0.25) is 0 Å². The molecule has 0 amide bonds. The molecule has 1 aromatic carbocycles. The Kier molecular flexibility index (Phi) is 3.17. The van der Waals surface area contributed by atoms with Gasteiger partial charge in [-0.05, 0) is 18.6 Å². The maximum Gasteiger partial charge on any atom is 0.170 e. The lowest BCUT2D eigenvalue weighted by atomic mass is 9.98. The Morgan fingerprint density at radius 1 is 1.47 bits per heavy atom. The molecular weight excluding hydrogens is 223 g/mol. The number of ether oxygens (including phenoxy) is 1. The summed E-state index contributed by atoms with van der Waals surface area (Å²) in [5, 5.41) is 11.0. The fourth-order valence-corrected chi connectivity index (χ4v) is 1.84. The average molecular weight is 238 g/mol. The second-order valence-electron chi connectivity index (χ2n) is 4.09. The van der Waals surface area contributed by atoms with E-state index in [0.29, 0.717) is 17.6 Å². The fourth-order valence-electron chi connectivity index (χ4n) is 1.84. The number of furan rings is 1. The monoisotopic (exact) mass is 238 g/mol. The zero-order valence-electron chi connectivity index (χ0n) is 9.87. The number of hydrogen-bond acceptors (Lipinski definition) is 3. The van der Waals surface area contributed by atoms with E-state index in [0.717, 1.165) is 0 Å². The quantitative estimate of drug-likeness (QED) is 0.890. The lowest BCUT2D eigenvalue weighted by molar-refractivity contribution is -0.0526. The molecule has 2 aromatic rings. The summed E-state index contributed by atoms with van der Waals surface area (Å²) in [6.45, 7) is 1.94. The van der Waals surface area contributed by atoms with Crippen LogP contribution >= 0.6 is 0 Å². The van der Waals surface area contributed by atoms with E-state index in [4.69, 9.17) is 9.15 Å². The SMILES string of the molecule is CCC(O)(COC)c1cc2cccc(F)c2o1. The highest BCUT2D eigenvalue weighted by Crippen LogP contribution is 2.31. The summed E-state index contributed by atoms with van der Waals surface area (Å²) < 4.78 is 23.8. The van der Waals surface area contributed by atoms with Crippen molar-refractivity contribution in [1.82, 2.24) is 0 Å². The number of methoxy groups -OCH3 is 1. The van der Waals surface area contributed by atoms with E-state index in [9.17, 15) is 9.50 Å². The number of aliphatic hydroxyl groups is 1. The van der Waals surface area contributed by atoms with Crippen molar-refractivity contribution in [2.45, 2.75) is 18.9 Å². The van der Waals surface area contributed by atoms with E-state index < -0.39 is 11.4 Å². The van der Waals surface area contributed by atoms with Gasteiger partial charge in [-0.15, -0.1) is 0 Å². The van der Waals surface area contributed by atoms with Crippen LogP contribution in [0.5, 0.6) is 0 Å². The molecule has 0 radical (unpaired) electrons. The van der Waals surface area contributed by atoms with Crippen molar-refractivity contribution in [2.24, 2.45) is 0 Å². The fraction of sp³-hybridized carbons (Fsp3) is 0.385. The first kappa shape index (κ1) is 12.1. The van der Waals surface area contributed by atoms with Gasteiger partial charge < -0.3 is 14.3 Å². The Labute approximate surface area is 98.8 Å². The zero-order chi connectivity index (χ0) is 12.5. The Hall–Kier alpha value is -1.39. The molecule has 0 saturated carbocycles. The average Bonchev–Trinajstić information content (AvgIpc) is 2.75. The van der Waals surface area contributed by atoms with Crippen LogP contribution in [0.2, 0.25) is 0 Å². The molecule has 0 spiro atoms. The van der Waals surface area contributed by atoms with Crippen molar-refractivity contribution in [3.05, 3.63) is 35.8 Å². The second-order valence-corrected chi connectivity index (χ2v) is 4.09. The molecule has 0 saturated heterocycles. The molecule has 1 unspecified atom stereocenters. The number of rotatable bonds is 4. The van der Waals surface area contributed by atoms with E-state index in [2.05, 4.69) is 0 Å². The Morgan fingerprint density at radius 3 is 2.82 bits per heavy atom. The predicted molar refractivity (Wildman–Crippen MR) is 62.2 cm³/mol. The van der Waals surface area contributed by atoms with Crippen molar-refractivity contribution in [1.29, 1.82) is 0 Å². The van der Waals surface area contributed by atoms with Crippen molar-refractivity contribution >= 4 is 11.0 Å². The van der Waals surface area contributed by atoms with E-state index >= 15 is 0 Å². The maximum atomic E-state index is 13.5. The molecule has 3 nitrogen and oxygen atoms in total. The number of hydrogen-bond donors (Lipinski definition) is 1. The molecule has 92 valence electrons. The molecule has 4 heteroatoms. The third kappa shape index (κ3) is 2.06. The van der Waals surface area contributed by atoms with Gasteiger partial charge in [0.25, 0.3) is 0 Å². The summed E-state index contributed by atoms with van der Waals surface area (Å²) >= 11 is 0. The number of benzene rings is 1. The Morgan fingerprint density at radius 2 is 2.24 bits per heavy atom. The molecule has 1 atom stereocenters. The molecule has 0 aliphatic rings. The topological polar surface area (TPSA) is 42.6 Å².